The molecule has 0 aromatic heterocycles. The van der Waals surface area contributed by atoms with E-state index in [0.29, 0.717) is 26.1 Å². The van der Waals surface area contributed by atoms with Gasteiger partial charge in [0.05, 0.1) is 12.1 Å². The number of rotatable bonds is 16. The molecule has 0 aliphatic heterocycles. The lowest BCUT2D eigenvalue weighted by Crippen LogP contribution is -2.52. The van der Waals surface area contributed by atoms with E-state index in [0.717, 1.165) is 6.54 Å². The molecule has 2 atom stereocenters. The van der Waals surface area contributed by atoms with Crippen LogP contribution in [0.3, 0.4) is 0 Å². The van der Waals surface area contributed by atoms with E-state index in [9.17, 15) is 14.4 Å². The zero-order chi connectivity index (χ0) is 21.5. The lowest BCUT2D eigenvalue weighted by Gasteiger charge is -2.21. The lowest BCUT2D eigenvalue weighted by molar-refractivity contribution is -0.137. The van der Waals surface area contributed by atoms with Crippen LogP contribution in [0, 0.1) is 0 Å². The minimum atomic E-state index is -0.923. The zero-order valence-electron chi connectivity index (χ0n) is 17.9. The number of amides is 2. The van der Waals surface area contributed by atoms with Gasteiger partial charge in [-0.05, 0) is 19.4 Å². The Morgan fingerprint density at radius 2 is 1.36 bits per heavy atom. The van der Waals surface area contributed by atoms with E-state index in [1.807, 2.05) is 34.6 Å². The fraction of sp³-hybridized carbons (Fsp3) is 0.842. The zero-order valence-corrected chi connectivity index (χ0v) is 17.9. The Morgan fingerprint density at radius 1 is 0.857 bits per heavy atom. The van der Waals surface area contributed by atoms with Crippen LogP contribution >= 0.6 is 0 Å². The minimum Gasteiger partial charge on any atom is -0.481 e. The van der Waals surface area contributed by atoms with Gasteiger partial charge in [0, 0.05) is 38.1 Å². The fourth-order valence-electron chi connectivity index (χ4n) is 2.64. The number of carboxylic acid groups (broad SMARTS) is 1. The van der Waals surface area contributed by atoms with Crippen molar-refractivity contribution in [2.75, 3.05) is 26.2 Å². The normalized spacial score (nSPS) is 13.4. The SMILES string of the molecule is CCNC[C@H](NC(C)C)C(=O)NCCCNC(=O)[C@H](CCC(=O)O)NC(C)C. The van der Waals surface area contributed by atoms with Gasteiger partial charge in [-0.2, -0.15) is 0 Å². The predicted octanol–water partition coefficient (Wildman–Crippen LogP) is -0.184. The molecule has 0 aromatic carbocycles. The number of nitrogens with one attached hydrogen (secondary N) is 5. The summed E-state index contributed by atoms with van der Waals surface area (Å²) in [6.07, 6.45) is 0.771. The Morgan fingerprint density at radius 3 is 1.82 bits per heavy atom. The van der Waals surface area contributed by atoms with Gasteiger partial charge >= 0.3 is 5.97 Å². The third-order valence-corrected chi connectivity index (χ3v) is 3.90. The van der Waals surface area contributed by atoms with Crippen LogP contribution in [-0.2, 0) is 14.4 Å². The quantitative estimate of drug-likeness (QED) is 0.198. The molecule has 0 bridgehead atoms. The summed E-state index contributed by atoms with van der Waals surface area (Å²) >= 11 is 0. The molecule has 0 saturated carbocycles. The van der Waals surface area contributed by atoms with Gasteiger partial charge in [-0.25, -0.2) is 0 Å². The second-order valence-corrected chi connectivity index (χ2v) is 7.42. The number of carboxylic acids is 1. The van der Waals surface area contributed by atoms with Crippen molar-refractivity contribution in [1.82, 2.24) is 26.6 Å². The molecule has 0 aliphatic rings. The van der Waals surface area contributed by atoms with E-state index < -0.39 is 12.0 Å². The standard InChI is InChI=1S/C19H39N5O4/c1-6-20-12-16(24-14(4)5)19(28)22-11-7-10-21-18(27)15(23-13(2)3)8-9-17(25)26/h13-16,20,23-24H,6-12H2,1-5H3,(H,21,27)(H,22,28)(H,25,26)/t15-,16-/m0/s1. The molecule has 0 rings (SSSR count). The van der Waals surface area contributed by atoms with Crippen molar-refractivity contribution in [2.24, 2.45) is 0 Å². The Labute approximate surface area is 168 Å². The van der Waals surface area contributed by atoms with Gasteiger partial charge in [-0.1, -0.05) is 34.6 Å². The van der Waals surface area contributed by atoms with Crippen molar-refractivity contribution >= 4 is 17.8 Å². The Kier molecular flexibility index (Phi) is 14.3. The predicted molar refractivity (Wildman–Crippen MR) is 110 cm³/mol. The Balaban J connectivity index is 4.26. The van der Waals surface area contributed by atoms with E-state index in [4.69, 9.17) is 5.11 Å². The monoisotopic (exact) mass is 401 g/mol. The average Bonchev–Trinajstić information content (AvgIpc) is 2.60. The van der Waals surface area contributed by atoms with Crippen LogP contribution in [0.4, 0.5) is 0 Å². The number of carbonyl (C=O) groups is 3. The molecule has 0 heterocycles. The van der Waals surface area contributed by atoms with Crippen LogP contribution in [0.1, 0.15) is 53.9 Å². The van der Waals surface area contributed by atoms with E-state index in [-0.39, 0.29) is 42.8 Å². The summed E-state index contributed by atoms with van der Waals surface area (Å²) in [7, 11) is 0. The van der Waals surface area contributed by atoms with Crippen molar-refractivity contribution in [3.63, 3.8) is 0 Å². The van der Waals surface area contributed by atoms with Gasteiger partial charge in [0.25, 0.3) is 0 Å². The Hall–Kier alpha value is -1.71. The van der Waals surface area contributed by atoms with Crippen LogP contribution in [-0.4, -0.2) is 73.2 Å². The maximum atomic E-state index is 12.3. The number of hydrogen-bond donors (Lipinski definition) is 6. The van der Waals surface area contributed by atoms with Gasteiger partial charge < -0.3 is 31.7 Å². The van der Waals surface area contributed by atoms with Crippen LogP contribution in [0.25, 0.3) is 0 Å². The van der Waals surface area contributed by atoms with Crippen LogP contribution < -0.4 is 26.6 Å². The number of hydrogen-bond acceptors (Lipinski definition) is 6. The second kappa shape index (κ2) is 15.2. The molecule has 0 spiro atoms. The summed E-state index contributed by atoms with van der Waals surface area (Å²) in [5.74, 6) is -1.21. The highest BCUT2D eigenvalue weighted by molar-refractivity contribution is 5.83. The summed E-state index contributed by atoms with van der Waals surface area (Å²) < 4.78 is 0. The van der Waals surface area contributed by atoms with Gasteiger partial charge in [0.2, 0.25) is 11.8 Å². The largest absolute Gasteiger partial charge is 0.481 e. The summed E-state index contributed by atoms with van der Waals surface area (Å²) in [5.41, 5.74) is 0. The smallest absolute Gasteiger partial charge is 0.303 e. The summed E-state index contributed by atoms with van der Waals surface area (Å²) in [5, 5.41) is 24.0. The maximum Gasteiger partial charge on any atom is 0.303 e. The molecule has 0 aromatic rings. The van der Waals surface area contributed by atoms with Crippen LogP contribution in [0.15, 0.2) is 0 Å². The first-order valence-corrected chi connectivity index (χ1v) is 10.2. The van der Waals surface area contributed by atoms with Gasteiger partial charge in [-0.15, -0.1) is 0 Å². The van der Waals surface area contributed by atoms with Crippen LogP contribution in [0.2, 0.25) is 0 Å². The molecule has 164 valence electrons. The molecular formula is C19H39N5O4. The number of carbonyl (C=O) groups excluding carboxylic acids is 2. The summed E-state index contributed by atoms with van der Waals surface area (Å²) in [6, 6.07) is -0.563. The van der Waals surface area contributed by atoms with Crippen molar-refractivity contribution in [2.45, 2.75) is 78.0 Å². The van der Waals surface area contributed by atoms with E-state index in [1.54, 1.807) is 0 Å². The minimum absolute atomic E-state index is 0.0656. The molecular weight excluding hydrogens is 362 g/mol. The van der Waals surface area contributed by atoms with Crippen LogP contribution in [0.5, 0.6) is 0 Å². The Bertz CT molecular complexity index is 471. The molecule has 28 heavy (non-hydrogen) atoms. The van der Waals surface area contributed by atoms with Crippen molar-refractivity contribution in [3.8, 4) is 0 Å². The van der Waals surface area contributed by atoms with E-state index >= 15 is 0 Å². The lowest BCUT2D eigenvalue weighted by atomic mass is 10.1. The van der Waals surface area contributed by atoms with Gasteiger partial charge in [0.1, 0.15) is 0 Å². The van der Waals surface area contributed by atoms with Gasteiger partial charge in [0.15, 0.2) is 0 Å². The maximum absolute atomic E-state index is 12.3. The third-order valence-electron chi connectivity index (χ3n) is 3.90. The van der Waals surface area contributed by atoms with E-state index in [2.05, 4.69) is 26.6 Å². The highest BCUT2D eigenvalue weighted by Crippen LogP contribution is 2.00. The van der Waals surface area contributed by atoms with Gasteiger partial charge in [-0.3, -0.25) is 14.4 Å². The highest BCUT2D eigenvalue weighted by Gasteiger charge is 2.20. The molecule has 0 aliphatic carbocycles. The molecule has 9 heteroatoms. The third kappa shape index (κ3) is 13.5. The van der Waals surface area contributed by atoms with Crippen molar-refractivity contribution in [1.29, 1.82) is 0 Å². The van der Waals surface area contributed by atoms with E-state index in [1.165, 1.54) is 0 Å². The highest BCUT2D eigenvalue weighted by atomic mass is 16.4. The van der Waals surface area contributed by atoms with Crippen molar-refractivity contribution < 1.29 is 19.5 Å². The molecule has 2 amide bonds. The molecule has 0 unspecified atom stereocenters. The molecule has 6 N–H and O–H groups in total. The number of likely N-dealkylation sites (N-methyl/N-ethyl adjacent to an activating group) is 1. The second-order valence-electron chi connectivity index (χ2n) is 7.42. The topological polar surface area (TPSA) is 132 Å². The fourth-order valence-corrected chi connectivity index (χ4v) is 2.64. The molecule has 0 fully saturated rings. The first kappa shape index (κ1) is 26.3. The summed E-state index contributed by atoms with van der Waals surface area (Å²) in [4.78, 5) is 35.3. The first-order chi connectivity index (χ1) is 13.2. The first-order valence-electron chi connectivity index (χ1n) is 10.2. The molecule has 9 nitrogen and oxygen atoms in total. The summed E-state index contributed by atoms with van der Waals surface area (Å²) in [6.45, 7) is 12.0. The number of aliphatic carboxylic acids is 1. The molecule has 0 radical (unpaired) electrons. The molecule has 0 saturated heterocycles. The average molecular weight is 402 g/mol. The van der Waals surface area contributed by atoms with Crippen molar-refractivity contribution in [3.05, 3.63) is 0 Å².